The summed E-state index contributed by atoms with van der Waals surface area (Å²) in [4.78, 5) is 22.1. The fraction of sp³-hybridized carbons (Fsp3) is 0.0667. The van der Waals surface area contributed by atoms with Gasteiger partial charge in [0.25, 0.3) is 5.91 Å². The third-order valence-corrected chi connectivity index (χ3v) is 2.59. The van der Waals surface area contributed by atoms with Crippen LogP contribution in [-0.4, -0.2) is 18.8 Å². The van der Waals surface area contributed by atoms with Gasteiger partial charge in [0.1, 0.15) is 12.0 Å². The van der Waals surface area contributed by atoms with E-state index in [1.165, 1.54) is 6.07 Å². The van der Waals surface area contributed by atoms with Crippen molar-refractivity contribution >= 4 is 17.9 Å². The normalized spacial score (nSPS) is 10.0. The van der Waals surface area contributed by atoms with Crippen LogP contribution in [0.2, 0.25) is 0 Å². The van der Waals surface area contributed by atoms with Crippen molar-refractivity contribution < 1.29 is 23.1 Å². The molecule has 1 N–H and O–H groups in total. The highest BCUT2D eigenvalue weighted by atomic mass is 19.2. The van der Waals surface area contributed by atoms with Crippen molar-refractivity contribution in [1.82, 2.24) is 0 Å². The molecule has 21 heavy (non-hydrogen) atoms. The van der Waals surface area contributed by atoms with Crippen molar-refractivity contribution in [3.8, 4) is 5.75 Å². The molecule has 2 aromatic carbocycles. The standard InChI is InChI=1S/C15H11F2NO3/c16-13-6-3-11(7-14(13)17)18-15(20)9-21-12-4-1-10(8-19)2-5-12/h1-8H,9H2,(H,18,20). The van der Waals surface area contributed by atoms with Crippen LogP contribution in [0.5, 0.6) is 5.75 Å². The number of amides is 1. The molecule has 0 saturated heterocycles. The average molecular weight is 291 g/mol. The van der Waals surface area contributed by atoms with E-state index in [2.05, 4.69) is 5.32 Å². The summed E-state index contributed by atoms with van der Waals surface area (Å²) >= 11 is 0. The summed E-state index contributed by atoms with van der Waals surface area (Å²) < 4.78 is 30.9. The van der Waals surface area contributed by atoms with Gasteiger partial charge >= 0.3 is 0 Å². The van der Waals surface area contributed by atoms with Gasteiger partial charge in [-0.15, -0.1) is 0 Å². The summed E-state index contributed by atoms with van der Waals surface area (Å²) in [5, 5.41) is 2.38. The highest BCUT2D eigenvalue weighted by molar-refractivity contribution is 5.91. The van der Waals surface area contributed by atoms with Gasteiger partial charge < -0.3 is 10.1 Å². The van der Waals surface area contributed by atoms with Crippen molar-refractivity contribution in [3.63, 3.8) is 0 Å². The molecule has 0 bridgehead atoms. The predicted molar refractivity (Wildman–Crippen MR) is 72.3 cm³/mol. The molecule has 108 valence electrons. The smallest absolute Gasteiger partial charge is 0.262 e. The molecule has 0 spiro atoms. The van der Waals surface area contributed by atoms with Crippen LogP contribution in [0.1, 0.15) is 10.4 Å². The Hall–Kier alpha value is -2.76. The molecule has 4 nitrogen and oxygen atoms in total. The first-order chi connectivity index (χ1) is 10.1. The zero-order valence-electron chi connectivity index (χ0n) is 10.8. The number of hydrogen-bond acceptors (Lipinski definition) is 3. The Bertz CT molecular complexity index is 656. The van der Waals surface area contributed by atoms with Crippen LogP contribution in [-0.2, 0) is 4.79 Å². The van der Waals surface area contributed by atoms with Gasteiger partial charge in [-0.05, 0) is 36.4 Å². The van der Waals surface area contributed by atoms with Gasteiger partial charge in [-0.2, -0.15) is 0 Å². The SMILES string of the molecule is O=Cc1ccc(OCC(=O)Nc2ccc(F)c(F)c2)cc1. The van der Waals surface area contributed by atoms with Gasteiger partial charge in [-0.25, -0.2) is 8.78 Å². The quantitative estimate of drug-likeness (QED) is 0.862. The maximum absolute atomic E-state index is 13.0. The monoisotopic (exact) mass is 291 g/mol. The summed E-state index contributed by atoms with van der Waals surface area (Å²) in [5.41, 5.74) is 0.632. The molecule has 0 aliphatic rings. The molecule has 0 aliphatic carbocycles. The molecule has 0 atom stereocenters. The number of aldehydes is 1. The van der Waals surface area contributed by atoms with Gasteiger partial charge in [0.2, 0.25) is 0 Å². The first-order valence-electron chi connectivity index (χ1n) is 6.01. The van der Waals surface area contributed by atoms with Crippen LogP contribution in [0.4, 0.5) is 14.5 Å². The Kier molecular flexibility index (Phi) is 4.61. The second-order valence-electron chi connectivity index (χ2n) is 4.15. The molecule has 0 radical (unpaired) electrons. The maximum atomic E-state index is 13.0. The molecule has 1 amide bonds. The van der Waals surface area contributed by atoms with Crippen molar-refractivity contribution in [1.29, 1.82) is 0 Å². The minimum atomic E-state index is -1.04. The van der Waals surface area contributed by atoms with Crippen LogP contribution < -0.4 is 10.1 Å². The number of anilines is 1. The van der Waals surface area contributed by atoms with E-state index in [-0.39, 0.29) is 12.3 Å². The van der Waals surface area contributed by atoms with Gasteiger partial charge in [-0.3, -0.25) is 9.59 Å². The van der Waals surface area contributed by atoms with E-state index < -0.39 is 17.5 Å². The minimum absolute atomic E-state index is 0.138. The third-order valence-electron chi connectivity index (χ3n) is 2.59. The van der Waals surface area contributed by atoms with Gasteiger partial charge in [-0.1, -0.05) is 0 Å². The van der Waals surface area contributed by atoms with E-state index in [9.17, 15) is 18.4 Å². The highest BCUT2D eigenvalue weighted by Crippen LogP contribution is 2.14. The van der Waals surface area contributed by atoms with Gasteiger partial charge in [0, 0.05) is 17.3 Å². The number of hydrogen-bond donors (Lipinski definition) is 1. The van der Waals surface area contributed by atoms with E-state index in [1.807, 2.05) is 0 Å². The summed E-state index contributed by atoms with van der Waals surface area (Å²) in [6.07, 6.45) is 0.694. The van der Waals surface area contributed by atoms with Crippen molar-refractivity contribution in [2.24, 2.45) is 0 Å². The molecule has 0 unspecified atom stereocenters. The zero-order chi connectivity index (χ0) is 15.2. The van der Waals surface area contributed by atoms with Gasteiger partial charge in [0.15, 0.2) is 18.2 Å². The molecule has 0 fully saturated rings. The lowest BCUT2D eigenvalue weighted by Gasteiger charge is -2.08. The number of benzene rings is 2. The molecule has 0 aliphatic heterocycles. The molecular weight excluding hydrogens is 280 g/mol. The van der Waals surface area contributed by atoms with Crippen molar-refractivity contribution in [3.05, 3.63) is 59.7 Å². The number of carbonyl (C=O) groups is 2. The van der Waals surface area contributed by atoms with Crippen LogP contribution in [0, 0.1) is 11.6 Å². The number of halogens is 2. The lowest BCUT2D eigenvalue weighted by Crippen LogP contribution is -2.20. The summed E-state index contributed by atoms with van der Waals surface area (Å²) in [5.74, 6) is -2.13. The van der Waals surface area contributed by atoms with E-state index in [1.54, 1.807) is 24.3 Å². The molecule has 2 rings (SSSR count). The average Bonchev–Trinajstić information content (AvgIpc) is 2.49. The predicted octanol–water partition coefficient (Wildman–Crippen LogP) is 2.79. The number of carbonyl (C=O) groups excluding carboxylic acids is 2. The molecule has 0 saturated carbocycles. The summed E-state index contributed by atoms with van der Waals surface area (Å²) in [6, 6.07) is 9.25. The molecule has 0 aromatic heterocycles. The first kappa shape index (κ1) is 14.6. The maximum Gasteiger partial charge on any atom is 0.262 e. The van der Waals surface area contributed by atoms with E-state index in [0.717, 1.165) is 12.1 Å². The lowest BCUT2D eigenvalue weighted by atomic mass is 10.2. The largest absolute Gasteiger partial charge is 0.484 e. The summed E-state index contributed by atoms with van der Waals surface area (Å²) in [7, 11) is 0. The number of ether oxygens (including phenoxy) is 1. The topological polar surface area (TPSA) is 55.4 Å². The Morgan fingerprint density at radius 3 is 2.43 bits per heavy atom. The fourth-order valence-electron chi connectivity index (χ4n) is 1.56. The minimum Gasteiger partial charge on any atom is -0.484 e. The third kappa shape index (κ3) is 4.10. The van der Waals surface area contributed by atoms with Crippen molar-refractivity contribution in [2.45, 2.75) is 0 Å². The van der Waals surface area contributed by atoms with E-state index >= 15 is 0 Å². The lowest BCUT2D eigenvalue weighted by molar-refractivity contribution is -0.118. The van der Waals surface area contributed by atoms with Gasteiger partial charge in [0.05, 0.1) is 0 Å². The molecule has 2 aromatic rings. The number of rotatable bonds is 5. The van der Waals surface area contributed by atoms with Crippen LogP contribution in [0.25, 0.3) is 0 Å². The second kappa shape index (κ2) is 6.60. The highest BCUT2D eigenvalue weighted by Gasteiger charge is 2.07. The Morgan fingerprint density at radius 2 is 1.81 bits per heavy atom. The summed E-state index contributed by atoms with van der Waals surface area (Å²) in [6.45, 7) is -0.292. The molecule has 6 heteroatoms. The Morgan fingerprint density at radius 1 is 1.10 bits per heavy atom. The second-order valence-corrected chi connectivity index (χ2v) is 4.15. The molecule has 0 heterocycles. The van der Waals surface area contributed by atoms with E-state index in [0.29, 0.717) is 17.6 Å². The van der Waals surface area contributed by atoms with E-state index in [4.69, 9.17) is 4.74 Å². The van der Waals surface area contributed by atoms with Crippen LogP contribution in [0.3, 0.4) is 0 Å². The fourth-order valence-corrected chi connectivity index (χ4v) is 1.56. The Labute approximate surface area is 119 Å². The zero-order valence-corrected chi connectivity index (χ0v) is 10.8. The molecular formula is C15H11F2NO3. The number of nitrogens with one attached hydrogen (secondary N) is 1. The first-order valence-corrected chi connectivity index (χ1v) is 6.01. The van der Waals surface area contributed by atoms with Crippen molar-refractivity contribution in [2.75, 3.05) is 11.9 Å². The Balaban J connectivity index is 1.89. The van der Waals surface area contributed by atoms with Crippen LogP contribution in [0.15, 0.2) is 42.5 Å². The van der Waals surface area contributed by atoms with Crippen LogP contribution >= 0.6 is 0 Å².